The number of aromatic amines is 1. The lowest BCUT2D eigenvalue weighted by Gasteiger charge is -2.12. The fourth-order valence-electron chi connectivity index (χ4n) is 1.42. The highest BCUT2D eigenvalue weighted by molar-refractivity contribution is 6.30. The Balaban J connectivity index is 2.20. The number of aromatic nitrogens is 5. The predicted molar refractivity (Wildman–Crippen MR) is 69.6 cm³/mol. The van der Waals surface area contributed by atoms with Gasteiger partial charge in [0.1, 0.15) is 28.9 Å². The maximum Gasteiger partial charge on any atom is 0.143 e. The monoisotopic (exact) mass is 266 g/mol. The van der Waals surface area contributed by atoms with Crippen LogP contribution in [0.4, 0.5) is 5.82 Å². The maximum absolute atomic E-state index is 6.10. The summed E-state index contributed by atoms with van der Waals surface area (Å²) in [4.78, 5) is 12.8. The van der Waals surface area contributed by atoms with Crippen molar-refractivity contribution in [1.29, 1.82) is 0 Å². The molecule has 0 aromatic carbocycles. The maximum atomic E-state index is 6.10. The topological polar surface area (TPSA) is 79.4 Å². The lowest BCUT2D eigenvalue weighted by Crippen LogP contribution is -2.09. The van der Waals surface area contributed by atoms with Crippen molar-refractivity contribution < 1.29 is 0 Å². The molecule has 0 saturated heterocycles. The number of nitrogens with zero attached hydrogens (tertiary/aromatic N) is 4. The largest absolute Gasteiger partial charge is 0.362 e. The van der Waals surface area contributed by atoms with Crippen LogP contribution in [0.15, 0.2) is 6.33 Å². The van der Waals surface area contributed by atoms with Crippen LogP contribution < -0.4 is 5.32 Å². The second-order valence-corrected chi connectivity index (χ2v) is 4.64. The van der Waals surface area contributed by atoms with Crippen LogP contribution in [0.2, 0.25) is 5.15 Å². The molecule has 18 heavy (non-hydrogen) atoms. The van der Waals surface area contributed by atoms with Gasteiger partial charge in [-0.15, -0.1) is 0 Å². The van der Waals surface area contributed by atoms with Crippen molar-refractivity contribution in [3.8, 4) is 0 Å². The molecule has 6 nitrogen and oxygen atoms in total. The van der Waals surface area contributed by atoms with Gasteiger partial charge in [-0.25, -0.2) is 15.0 Å². The molecule has 0 spiro atoms. The van der Waals surface area contributed by atoms with Gasteiger partial charge >= 0.3 is 0 Å². The molecule has 2 rings (SSSR count). The van der Waals surface area contributed by atoms with E-state index < -0.39 is 0 Å². The molecule has 0 amide bonds. The lowest BCUT2D eigenvalue weighted by atomic mass is 10.2. The quantitative estimate of drug-likeness (QED) is 0.830. The van der Waals surface area contributed by atoms with E-state index in [-0.39, 0.29) is 5.92 Å². The van der Waals surface area contributed by atoms with Crippen molar-refractivity contribution in [1.82, 2.24) is 25.1 Å². The molecule has 96 valence electrons. The number of rotatable bonds is 4. The summed E-state index contributed by atoms with van der Waals surface area (Å²) in [6.07, 6.45) is 1.47. The highest BCUT2D eigenvalue weighted by Gasteiger charge is 2.11. The summed E-state index contributed by atoms with van der Waals surface area (Å²) in [5, 5.41) is 10.2. The van der Waals surface area contributed by atoms with Gasteiger partial charge in [0.25, 0.3) is 0 Å². The number of hydrogen-bond acceptors (Lipinski definition) is 5. The van der Waals surface area contributed by atoms with Crippen molar-refractivity contribution in [2.75, 3.05) is 5.32 Å². The van der Waals surface area contributed by atoms with Crippen LogP contribution in [0.1, 0.15) is 37.0 Å². The molecular formula is C11H15ClN6. The SMILES string of the molecule is Cc1c(Cl)nc(C(C)C)nc1NCc1ncn[nH]1. The number of nitrogens with one attached hydrogen (secondary N) is 2. The molecule has 0 radical (unpaired) electrons. The molecule has 0 aliphatic carbocycles. The van der Waals surface area contributed by atoms with E-state index in [0.717, 1.165) is 23.0 Å². The normalized spacial score (nSPS) is 10.9. The third-order valence-corrected chi connectivity index (χ3v) is 2.88. The highest BCUT2D eigenvalue weighted by Crippen LogP contribution is 2.23. The van der Waals surface area contributed by atoms with Gasteiger partial charge in [-0.3, -0.25) is 5.10 Å². The summed E-state index contributed by atoms with van der Waals surface area (Å²) in [6.45, 7) is 6.46. The summed E-state index contributed by atoms with van der Waals surface area (Å²) in [5.41, 5.74) is 0.834. The summed E-state index contributed by atoms with van der Waals surface area (Å²) in [5.74, 6) is 2.44. The lowest BCUT2D eigenvalue weighted by molar-refractivity contribution is 0.770. The van der Waals surface area contributed by atoms with Gasteiger partial charge in [0.15, 0.2) is 0 Å². The van der Waals surface area contributed by atoms with Gasteiger partial charge in [0.05, 0.1) is 6.54 Å². The van der Waals surface area contributed by atoms with Crippen molar-refractivity contribution in [3.63, 3.8) is 0 Å². The van der Waals surface area contributed by atoms with Crippen molar-refractivity contribution in [3.05, 3.63) is 28.7 Å². The number of halogens is 1. The highest BCUT2D eigenvalue weighted by atomic mass is 35.5. The summed E-state index contributed by atoms with van der Waals surface area (Å²) >= 11 is 6.10. The Morgan fingerprint density at radius 3 is 2.78 bits per heavy atom. The van der Waals surface area contributed by atoms with Gasteiger partial charge in [-0.05, 0) is 6.92 Å². The van der Waals surface area contributed by atoms with Crippen LogP contribution in [-0.2, 0) is 6.54 Å². The van der Waals surface area contributed by atoms with Crippen molar-refractivity contribution in [2.45, 2.75) is 33.2 Å². The van der Waals surface area contributed by atoms with Gasteiger partial charge in [0, 0.05) is 11.5 Å². The van der Waals surface area contributed by atoms with Crippen molar-refractivity contribution in [2.24, 2.45) is 0 Å². The summed E-state index contributed by atoms with van der Waals surface area (Å²) in [6, 6.07) is 0. The first-order valence-corrected chi connectivity index (χ1v) is 6.08. The molecular weight excluding hydrogens is 252 g/mol. The molecule has 2 aromatic rings. The molecule has 0 atom stereocenters. The van der Waals surface area contributed by atoms with Crippen LogP contribution in [-0.4, -0.2) is 25.1 Å². The zero-order chi connectivity index (χ0) is 13.1. The first kappa shape index (κ1) is 12.8. The Morgan fingerprint density at radius 2 is 2.17 bits per heavy atom. The molecule has 0 aliphatic rings. The third kappa shape index (κ3) is 2.76. The standard InChI is InChI=1S/C11H15ClN6/c1-6(2)10-16-9(12)7(3)11(17-10)13-4-8-14-5-15-18-8/h5-6H,4H2,1-3H3,(H,13,16,17)(H,14,15,18). The average molecular weight is 267 g/mol. The predicted octanol–water partition coefficient (Wildman–Crippen LogP) is 2.29. The van der Waals surface area contributed by atoms with Crippen molar-refractivity contribution >= 4 is 17.4 Å². The summed E-state index contributed by atoms with van der Waals surface area (Å²) in [7, 11) is 0. The van der Waals surface area contributed by atoms with Gasteiger partial charge in [-0.1, -0.05) is 25.4 Å². The van der Waals surface area contributed by atoms with E-state index in [1.807, 2.05) is 20.8 Å². The van der Waals surface area contributed by atoms with E-state index in [9.17, 15) is 0 Å². The number of H-pyrrole nitrogens is 1. The van der Waals surface area contributed by atoms with Crippen LogP contribution in [0.3, 0.4) is 0 Å². The van der Waals surface area contributed by atoms with Crippen LogP contribution in [0, 0.1) is 6.92 Å². The minimum atomic E-state index is 0.230. The van der Waals surface area contributed by atoms with Gasteiger partial charge in [0.2, 0.25) is 0 Å². The first-order valence-electron chi connectivity index (χ1n) is 5.70. The van der Waals surface area contributed by atoms with E-state index in [0.29, 0.717) is 11.7 Å². The summed E-state index contributed by atoms with van der Waals surface area (Å²) < 4.78 is 0. The Bertz CT molecular complexity index is 523. The molecule has 0 fully saturated rings. The minimum absolute atomic E-state index is 0.230. The van der Waals surface area contributed by atoms with Crippen LogP contribution in [0.5, 0.6) is 0 Å². The molecule has 0 saturated carbocycles. The zero-order valence-corrected chi connectivity index (χ0v) is 11.3. The fraction of sp³-hybridized carbons (Fsp3) is 0.455. The van der Waals surface area contributed by atoms with E-state index in [1.165, 1.54) is 6.33 Å². The molecule has 0 unspecified atom stereocenters. The van der Waals surface area contributed by atoms with E-state index >= 15 is 0 Å². The zero-order valence-electron chi connectivity index (χ0n) is 10.5. The molecule has 2 N–H and O–H groups in total. The Labute approximate surface area is 110 Å². The van der Waals surface area contributed by atoms with E-state index in [1.54, 1.807) is 0 Å². The smallest absolute Gasteiger partial charge is 0.143 e. The first-order chi connectivity index (χ1) is 8.58. The minimum Gasteiger partial charge on any atom is -0.362 e. The second kappa shape index (κ2) is 5.30. The van der Waals surface area contributed by atoms with Crippen LogP contribution in [0.25, 0.3) is 0 Å². The number of hydrogen-bond donors (Lipinski definition) is 2. The van der Waals surface area contributed by atoms with E-state index in [2.05, 4.69) is 30.5 Å². The Hall–Kier alpha value is -1.69. The molecule has 0 aliphatic heterocycles. The Morgan fingerprint density at radius 1 is 1.39 bits per heavy atom. The molecule has 2 aromatic heterocycles. The third-order valence-electron chi connectivity index (χ3n) is 2.51. The van der Waals surface area contributed by atoms with Gasteiger partial charge in [-0.2, -0.15) is 5.10 Å². The second-order valence-electron chi connectivity index (χ2n) is 4.29. The molecule has 0 bridgehead atoms. The molecule has 2 heterocycles. The Kier molecular flexibility index (Phi) is 3.76. The average Bonchev–Trinajstić information content (AvgIpc) is 2.83. The fourth-order valence-corrected chi connectivity index (χ4v) is 1.60. The van der Waals surface area contributed by atoms with E-state index in [4.69, 9.17) is 11.6 Å². The molecule has 7 heteroatoms. The van der Waals surface area contributed by atoms with Crippen LogP contribution >= 0.6 is 11.6 Å². The number of anilines is 1. The van der Waals surface area contributed by atoms with Gasteiger partial charge < -0.3 is 5.32 Å².